The number of hydrogen-bond donors (Lipinski definition) is 1. The van der Waals surface area contributed by atoms with Gasteiger partial charge in [0.1, 0.15) is 10.3 Å². The minimum atomic E-state index is -0.575. The van der Waals surface area contributed by atoms with E-state index in [1.165, 1.54) is 0 Å². The molecule has 0 bridgehead atoms. The van der Waals surface area contributed by atoms with Gasteiger partial charge in [0.25, 0.3) is 0 Å². The van der Waals surface area contributed by atoms with Crippen LogP contribution >= 0.6 is 34.8 Å². The Kier molecular flexibility index (Phi) is 4.02. The first kappa shape index (κ1) is 13.8. The van der Waals surface area contributed by atoms with Gasteiger partial charge in [0, 0.05) is 5.02 Å². The van der Waals surface area contributed by atoms with Crippen LogP contribution in [-0.4, -0.2) is 0 Å². The van der Waals surface area contributed by atoms with E-state index >= 15 is 0 Å². The van der Waals surface area contributed by atoms with Crippen molar-refractivity contribution in [2.75, 3.05) is 0 Å². The molecular formula is C13H6Cl3N3. The molecule has 0 radical (unpaired) electrons. The molecule has 3 nitrogen and oxygen atoms in total. The van der Waals surface area contributed by atoms with Gasteiger partial charge in [0.15, 0.2) is 0 Å². The molecule has 0 amide bonds. The molecule has 0 spiro atoms. The Morgan fingerprint density at radius 3 is 1.79 bits per heavy atom. The normalized spacial score (nSPS) is 15.8. The summed E-state index contributed by atoms with van der Waals surface area (Å²) in [6.07, 6.45) is 0. The summed E-state index contributed by atoms with van der Waals surface area (Å²) in [5.74, 6) is -0.575. The van der Waals surface area contributed by atoms with Gasteiger partial charge in [-0.2, -0.15) is 10.5 Å². The molecule has 0 fully saturated rings. The lowest BCUT2D eigenvalue weighted by atomic mass is 9.85. The number of nitriles is 2. The number of dihydropyridines is 1. The van der Waals surface area contributed by atoms with Crippen molar-refractivity contribution in [3.63, 3.8) is 0 Å². The van der Waals surface area contributed by atoms with Crippen molar-refractivity contribution in [2.24, 2.45) is 0 Å². The van der Waals surface area contributed by atoms with Gasteiger partial charge in [-0.05, 0) is 17.7 Å². The first-order chi connectivity index (χ1) is 9.08. The minimum absolute atomic E-state index is 0.131. The van der Waals surface area contributed by atoms with Crippen molar-refractivity contribution in [3.05, 3.63) is 56.3 Å². The van der Waals surface area contributed by atoms with Gasteiger partial charge in [-0.1, -0.05) is 46.9 Å². The van der Waals surface area contributed by atoms with E-state index in [2.05, 4.69) is 5.32 Å². The molecule has 1 aliphatic rings. The molecule has 0 aliphatic carbocycles. The summed E-state index contributed by atoms with van der Waals surface area (Å²) in [7, 11) is 0. The second-order valence-electron chi connectivity index (χ2n) is 3.79. The van der Waals surface area contributed by atoms with E-state index < -0.39 is 5.92 Å². The van der Waals surface area contributed by atoms with E-state index in [4.69, 9.17) is 34.8 Å². The second kappa shape index (κ2) is 5.55. The van der Waals surface area contributed by atoms with Gasteiger partial charge < -0.3 is 5.32 Å². The van der Waals surface area contributed by atoms with Crippen molar-refractivity contribution in [2.45, 2.75) is 5.92 Å². The van der Waals surface area contributed by atoms with Gasteiger partial charge in [-0.3, -0.25) is 0 Å². The van der Waals surface area contributed by atoms with Crippen LogP contribution in [0.3, 0.4) is 0 Å². The van der Waals surface area contributed by atoms with Crippen molar-refractivity contribution in [1.82, 2.24) is 5.32 Å². The first-order valence-corrected chi connectivity index (χ1v) is 6.34. The molecule has 0 saturated heterocycles. The summed E-state index contributed by atoms with van der Waals surface area (Å²) in [4.78, 5) is 0. The summed E-state index contributed by atoms with van der Waals surface area (Å²) in [6.45, 7) is 0. The molecule has 0 unspecified atom stereocenters. The summed E-state index contributed by atoms with van der Waals surface area (Å²) < 4.78 is 0. The topological polar surface area (TPSA) is 59.6 Å². The molecule has 6 heteroatoms. The third-order valence-electron chi connectivity index (χ3n) is 2.71. The molecule has 0 saturated carbocycles. The van der Waals surface area contributed by atoms with Crippen LogP contribution in [0.5, 0.6) is 0 Å². The lowest BCUT2D eigenvalue weighted by molar-refractivity contribution is 0.886. The summed E-state index contributed by atoms with van der Waals surface area (Å²) in [6, 6.07) is 10.9. The second-order valence-corrected chi connectivity index (χ2v) is 4.98. The summed E-state index contributed by atoms with van der Waals surface area (Å²) in [5, 5.41) is 21.9. The number of hydrogen-bond acceptors (Lipinski definition) is 3. The number of nitrogens with one attached hydrogen (secondary N) is 1. The zero-order valence-corrected chi connectivity index (χ0v) is 11.7. The standard InChI is InChI=1S/C13H6Cl3N3/c14-8-3-1-7(2-4-8)11-9(5-17)12(15)19-13(16)10(11)6-18/h1-4,11,19H. The number of allylic oxidation sites excluding steroid dienone is 2. The average Bonchev–Trinajstić information content (AvgIpc) is 2.39. The Balaban J connectivity index is 2.61. The van der Waals surface area contributed by atoms with E-state index in [9.17, 15) is 10.5 Å². The zero-order chi connectivity index (χ0) is 14.0. The van der Waals surface area contributed by atoms with E-state index in [0.717, 1.165) is 5.56 Å². The largest absolute Gasteiger partial charge is 0.335 e. The number of nitrogens with zero attached hydrogens (tertiary/aromatic N) is 2. The van der Waals surface area contributed by atoms with Gasteiger partial charge in [-0.25, -0.2) is 0 Å². The van der Waals surface area contributed by atoms with Gasteiger partial charge in [-0.15, -0.1) is 0 Å². The van der Waals surface area contributed by atoms with Crippen LogP contribution in [0, 0.1) is 22.7 Å². The fourth-order valence-corrected chi connectivity index (χ4v) is 2.51. The van der Waals surface area contributed by atoms with Crippen LogP contribution in [0.25, 0.3) is 0 Å². The first-order valence-electron chi connectivity index (χ1n) is 5.20. The van der Waals surface area contributed by atoms with Gasteiger partial charge in [0.2, 0.25) is 0 Å². The fourth-order valence-electron chi connectivity index (χ4n) is 1.84. The molecule has 1 aromatic carbocycles. The van der Waals surface area contributed by atoms with E-state index in [-0.39, 0.29) is 21.5 Å². The average molecular weight is 311 g/mol. The maximum absolute atomic E-state index is 9.21. The fraction of sp³-hybridized carbons (Fsp3) is 0.0769. The van der Waals surface area contributed by atoms with E-state index in [1.54, 1.807) is 24.3 Å². The number of halogens is 3. The van der Waals surface area contributed by atoms with Gasteiger partial charge >= 0.3 is 0 Å². The highest BCUT2D eigenvalue weighted by Gasteiger charge is 2.31. The molecule has 1 N–H and O–H groups in total. The van der Waals surface area contributed by atoms with Crippen LogP contribution in [-0.2, 0) is 0 Å². The van der Waals surface area contributed by atoms with Crippen LogP contribution in [0.2, 0.25) is 5.02 Å². The predicted octanol–water partition coefficient (Wildman–Crippen LogP) is 3.97. The molecule has 1 aliphatic heterocycles. The number of rotatable bonds is 1. The van der Waals surface area contributed by atoms with Crippen molar-refractivity contribution in [3.8, 4) is 12.1 Å². The van der Waals surface area contributed by atoms with Gasteiger partial charge in [0.05, 0.1) is 29.2 Å². The van der Waals surface area contributed by atoms with Crippen LogP contribution < -0.4 is 5.32 Å². The SMILES string of the molecule is N#CC1=C(Cl)NC(Cl)=C(C#N)C1c1ccc(Cl)cc1. The Bertz CT molecular complexity index is 624. The molecule has 19 heavy (non-hydrogen) atoms. The van der Waals surface area contributed by atoms with Crippen LogP contribution in [0.15, 0.2) is 45.7 Å². The Labute approximate surface area is 125 Å². The van der Waals surface area contributed by atoms with Crippen molar-refractivity contribution in [1.29, 1.82) is 10.5 Å². The third-order valence-corrected chi connectivity index (χ3v) is 3.56. The Morgan fingerprint density at radius 2 is 1.37 bits per heavy atom. The molecule has 0 atom stereocenters. The minimum Gasteiger partial charge on any atom is -0.335 e. The molecular weight excluding hydrogens is 305 g/mol. The highest BCUT2D eigenvalue weighted by molar-refractivity contribution is 6.34. The molecule has 0 aromatic heterocycles. The highest BCUT2D eigenvalue weighted by atomic mass is 35.5. The monoisotopic (exact) mass is 309 g/mol. The maximum Gasteiger partial charge on any atom is 0.122 e. The summed E-state index contributed by atoms with van der Waals surface area (Å²) >= 11 is 17.8. The quantitative estimate of drug-likeness (QED) is 0.798. The molecule has 94 valence electrons. The maximum atomic E-state index is 9.21. The zero-order valence-electron chi connectivity index (χ0n) is 9.42. The lowest BCUT2D eigenvalue weighted by Crippen LogP contribution is -2.21. The van der Waals surface area contributed by atoms with E-state index in [1.807, 2.05) is 12.1 Å². The number of benzene rings is 1. The Hall–Kier alpha value is -1.65. The molecule has 1 aromatic rings. The molecule has 2 rings (SSSR count). The smallest absolute Gasteiger partial charge is 0.122 e. The highest BCUT2D eigenvalue weighted by Crippen LogP contribution is 2.39. The molecule has 1 heterocycles. The lowest BCUT2D eigenvalue weighted by Gasteiger charge is -2.23. The van der Waals surface area contributed by atoms with Crippen molar-refractivity contribution >= 4 is 34.8 Å². The van der Waals surface area contributed by atoms with E-state index in [0.29, 0.717) is 5.02 Å². The predicted molar refractivity (Wildman–Crippen MR) is 74.3 cm³/mol. The van der Waals surface area contributed by atoms with Crippen LogP contribution in [0.1, 0.15) is 11.5 Å². The van der Waals surface area contributed by atoms with Crippen molar-refractivity contribution < 1.29 is 0 Å². The Morgan fingerprint density at radius 1 is 0.895 bits per heavy atom. The van der Waals surface area contributed by atoms with Crippen LogP contribution in [0.4, 0.5) is 0 Å². The summed E-state index contributed by atoms with van der Waals surface area (Å²) in [5.41, 5.74) is 1.24. The third kappa shape index (κ3) is 2.55.